The van der Waals surface area contributed by atoms with Gasteiger partial charge in [-0.25, -0.2) is 0 Å². The Bertz CT molecular complexity index is 418. The van der Waals surface area contributed by atoms with Crippen molar-refractivity contribution in [3.8, 4) is 0 Å². The van der Waals surface area contributed by atoms with Crippen molar-refractivity contribution >= 4 is 27.9 Å². The summed E-state index contributed by atoms with van der Waals surface area (Å²) in [6, 6.07) is 3.66. The zero-order valence-corrected chi connectivity index (χ0v) is 12.3. The number of nitrogens with zero attached hydrogens (tertiary/aromatic N) is 2. The second-order valence-corrected chi connectivity index (χ2v) is 4.68. The Hall–Kier alpha value is -1.47. The van der Waals surface area contributed by atoms with Gasteiger partial charge in [0.05, 0.1) is 33.0 Å². The highest BCUT2D eigenvalue weighted by Gasteiger charge is 2.16. The van der Waals surface area contributed by atoms with Crippen LogP contribution in [0.3, 0.4) is 0 Å². The average molecular weight is 331 g/mol. The minimum atomic E-state index is -0.416. The van der Waals surface area contributed by atoms with Gasteiger partial charge in [0.25, 0.3) is 0 Å². The van der Waals surface area contributed by atoms with Crippen molar-refractivity contribution in [2.24, 2.45) is 0 Å². The molecule has 0 aromatic carbocycles. The Kier molecular flexibility index (Phi) is 6.44. The van der Waals surface area contributed by atoms with E-state index in [9.17, 15) is 9.59 Å². The summed E-state index contributed by atoms with van der Waals surface area (Å²) in [6.07, 6.45) is 1.66. The maximum absolute atomic E-state index is 11.3. The highest BCUT2D eigenvalue weighted by molar-refractivity contribution is 9.10. The number of ether oxygens (including phenoxy) is 2. The van der Waals surface area contributed by atoms with E-state index in [1.807, 2.05) is 12.1 Å². The molecule has 1 aromatic heterocycles. The van der Waals surface area contributed by atoms with Gasteiger partial charge in [0.1, 0.15) is 0 Å². The fourth-order valence-corrected chi connectivity index (χ4v) is 1.63. The topological polar surface area (TPSA) is 68.7 Å². The molecular formula is C12H15BrN2O4. The Morgan fingerprint density at radius 2 is 1.79 bits per heavy atom. The van der Waals surface area contributed by atoms with Gasteiger partial charge in [-0.2, -0.15) is 0 Å². The van der Waals surface area contributed by atoms with Crippen LogP contribution in [0, 0.1) is 0 Å². The average Bonchev–Trinajstić information content (AvgIpc) is 2.40. The van der Waals surface area contributed by atoms with Crippen LogP contribution >= 0.6 is 15.9 Å². The van der Waals surface area contributed by atoms with E-state index in [1.54, 1.807) is 11.1 Å². The standard InChI is InChI=1S/C12H15BrN2O4/c1-18-11(16)7-15(8-12(17)19-2)6-10-4-3-9(13)5-14-10/h3-5H,6-8H2,1-2H3. The molecule has 0 bridgehead atoms. The van der Waals surface area contributed by atoms with Gasteiger partial charge in [-0.1, -0.05) is 0 Å². The molecule has 1 aromatic rings. The summed E-state index contributed by atoms with van der Waals surface area (Å²) in [5.41, 5.74) is 0.746. The largest absolute Gasteiger partial charge is 0.468 e. The maximum Gasteiger partial charge on any atom is 0.319 e. The lowest BCUT2D eigenvalue weighted by molar-refractivity contribution is -0.145. The third kappa shape index (κ3) is 5.80. The van der Waals surface area contributed by atoms with Gasteiger partial charge in [0.2, 0.25) is 0 Å². The van der Waals surface area contributed by atoms with Crippen LogP contribution in [0.5, 0.6) is 0 Å². The van der Waals surface area contributed by atoms with Crippen molar-refractivity contribution in [3.05, 3.63) is 28.5 Å². The van der Waals surface area contributed by atoms with E-state index < -0.39 is 11.9 Å². The molecule has 0 amide bonds. The number of rotatable bonds is 6. The number of hydrogen-bond donors (Lipinski definition) is 0. The lowest BCUT2D eigenvalue weighted by atomic mass is 10.3. The van der Waals surface area contributed by atoms with E-state index in [0.717, 1.165) is 10.2 Å². The van der Waals surface area contributed by atoms with E-state index in [-0.39, 0.29) is 13.1 Å². The van der Waals surface area contributed by atoms with Gasteiger partial charge >= 0.3 is 11.9 Å². The first-order valence-electron chi connectivity index (χ1n) is 5.51. The van der Waals surface area contributed by atoms with Gasteiger partial charge in [-0.15, -0.1) is 0 Å². The normalized spacial score (nSPS) is 10.3. The summed E-state index contributed by atoms with van der Waals surface area (Å²) in [6.45, 7) is 0.365. The number of methoxy groups -OCH3 is 2. The zero-order valence-electron chi connectivity index (χ0n) is 10.8. The third-order valence-corrected chi connectivity index (χ3v) is 2.80. The Balaban J connectivity index is 2.69. The first kappa shape index (κ1) is 15.6. The molecule has 0 unspecified atom stereocenters. The van der Waals surface area contributed by atoms with Crippen molar-refractivity contribution in [2.75, 3.05) is 27.3 Å². The molecule has 104 valence electrons. The van der Waals surface area contributed by atoms with Crippen molar-refractivity contribution < 1.29 is 19.1 Å². The quantitative estimate of drug-likeness (QED) is 0.724. The third-order valence-electron chi connectivity index (χ3n) is 2.34. The fraction of sp³-hybridized carbons (Fsp3) is 0.417. The SMILES string of the molecule is COC(=O)CN(CC(=O)OC)Cc1ccc(Br)cn1. The van der Waals surface area contributed by atoms with Crippen LogP contribution in [0.1, 0.15) is 5.69 Å². The highest BCUT2D eigenvalue weighted by Crippen LogP contribution is 2.09. The first-order valence-corrected chi connectivity index (χ1v) is 6.31. The van der Waals surface area contributed by atoms with E-state index in [2.05, 4.69) is 30.4 Å². The molecule has 0 fully saturated rings. The summed E-state index contributed by atoms with van der Waals surface area (Å²) in [5.74, 6) is -0.831. The van der Waals surface area contributed by atoms with Crippen LogP contribution in [0.4, 0.5) is 0 Å². The van der Waals surface area contributed by atoms with Crippen LogP contribution in [0.25, 0.3) is 0 Å². The molecule has 1 rings (SSSR count). The zero-order chi connectivity index (χ0) is 14.3. The summed E-state index contributed by atoms with van der Waals surface area (Å²) >= 11 is 3.29. The summed E-state index contributed by atoms with van der Waals surface area (Å²) in [5, 5.41) is 0. The molecule has 0 aliphatic rings. The Labute approximate surface area is 119 Å². The summed E-state index contributed by atoms with van der Waals surface area (Å²) in [7, 11) is 2.60. The predicted molar refractivity (Wildman–Crippen MR) is 71.2 cm³/mol. The number of halogens is 1. The van der Waals surface area contributed by atoms with Gasteiger partial charge in [-0.05, 0) is 28.1 Å². The number of pyridine rings is 1. The van der Waals surface area contributed by atoms with Crippen molar-refractivity contribution in [1.29, 1.82) is 0 Å². The molecule has 0 radical (unpaired) electrons. The van der Waals surface area contributed by atoms with E-state index in [0.29, 0.717) is 6.54 Å². The summed E-state index contributed by atoms with van der Waals surface area (Å²) in [4.78, 5) is 28.4. The maximum atomic E-state index is 11.3. The second kappa shape index (κ2) is 7.85. The molecule has 0 aliphatic carbocycles. The van der Waals surface area contributed by atoms with Gasteiger partial charge in [-0.3, -0.25) is 19.5 Å². The van der Waals surface area contributed by atoms with Crippen LogP contribution in [0.2, 0.25) is 0 Å². The smallest absolute Gasteiger partial charge is 0.319 e. The molecule has 0 spiro atoms. The number of carbonyl (C=O) groups is 2. The van der Waals surface area contributed by atoms with Crippen molar-refractivity contribution in [1.82, 2.24) is 9.88 Å². The Morgan fingerprint density at radius 1 is 1.21 bits per heavy atom. The Morgan fingerprint density at radius 3 is 2.21 bits per heavy atom. The number of carbonyl (C=O) groups excluding carboxylic acids is 2. The lowest BCUT2D eigenvalue weighted by Crippen LogP contribution is -2.35. The second-order valence-electron chi connectivity index (χ2n) is 3.77. The molecule has 0 aliphatic heterocycles. The van der Waals surface area contributed by atoms with Crippen LogP contribution in [0.15, 0.2) is 22.8 Å². The van der Waals surface area contributed by atoms with Crippen LogP contribution in [-0.4, -0.2) is 49.1 Å². The van der Waals surface area contributed by atoms with Gasteiger partial charge in [0.15, 0.2) is 0 Å². The van der Waals surface area contributed by atoms with Crippen LogP contribution < -0.4 is 0 Å². The summed E-state index contributed by atoms with van der Waals surface area (Å²) < 4.78 is 10.0. The first-order chi connectivity index (χ1) is 9.05. The molecular weight excluding hydrogens is 316 g/mol. The van der Waals surface area contributed by atoms with Crippen molar-refractivity contribution in [3.63, 3.8) is 0 Å². The van der Waals surface area contributed by atoms with Gasteiger partial charge in [0, 0.05) is 17.2 Å². The van der Waals surface area contributed by atoms with E-state index >= 15 is 0 Å². The molecule has 7 heteroatoms. The number of esters is 2. The number of aromatic nitrogens is 1. The lowest BCUT2D eigenvalue weighted by Gasteiger charge is -2.19. The monoisotopic (exact) mass is 330 g/mol. The molecule has 0 atom stereocenters. The molecule has 0 saturated heterocycles. The van der Waals surface area contributed by atoms with Crippen molar-refractivity contribution in [2.45, 2.75) is 6.54 Å². The molecule has 6 nitrogen and oxygen atoms in total. The van der Waals surface area contributed by atoms with E-state index in [4.69, 9.17) is 0 Å². The molecule has 0 saturated carbocycles. The predicted octanol–water partition coefficient (Wildman–Crippen LogP) is 0.992. The fourth-order valence-electron chi connectivity index (χ4n) is 1.39. The van der Waals surface area contributed by atoms with Gasteiger partial charge < -0.3 is 9.47 Å². The molecule has 1 heterocycles. The van der Waals surface area contributed by atoms with Crippen LogP contribution in [-0.2, 0) is 25.6 Å². The minimum absolute atomic E-state index is 0.00332. The molecule has 19 heavy (non-hydrogen) atoms. The van der Waals surface area contributed by atoms with E-state index in [1.165, 1.54) is 14.2 Å². The highest BCUT2D eigenvalue weighted by atomic mass is 79.9. The minimum Gasteiger partial charge on any atom is -0.468 e. The molecule has 0 N–H and O–H groups in total. The number of hydrogen-bond acceptors (Lipinski definition) is 6.